The van der Waals surface area contributed by atoms with Crippen molar-refractivity contribution in [2.24, 2.45) is 0 Å². The first-order valence-corrected chi connectivity index (χ1v) is 8.58. The molecule has 1 aromatic rings. The molecule has 3 N–H and O–H groups in total. The summed E-state index contributed by atoms with van der Waals surface area (Å²) in [6.07, 6.45) is 1.28. The van der Waals surface area contributed by atoms with Gasteiger partial charge in [-0.1, -0.05) is 23.2 Å². The van der Waals surface area contributed by atoms with Gasteiger partial charge in [0, 0.05) is 24.4 Å². The number of carbonyl (C=O) groups excluding carboxylic acids is 1. The lowest BCUT2D eigenvalue weighted by molar-refractivity contribution is -0.116. The van der Waals surface area contributed by atoms with Crippen LogP contribution >= 0.6 is 35.0 Å². The van der Waals surface area contributed by atoms with Crippen molar-refractivity contribution in [1.82, 2.24) is 4.90 Å². The third-order valence-electron chi connectivity index (χ3n) is 2.70. The largest absolute Gasteiger partial charge is 0.399 e. The van der Waals surface area contributed by atoms with Gasteiger partial charge in [-0.25, -0.2) is 0 Å². The first-order valence-electron chi connectivity index (χ1n) is 6.67. The van der Waals surface area contributed by atoms with Gasteiger partial charge in [-0.15, -0.1) is 0 Å². The maximum atomic E-state index is 11.9. The lowest BCUT2D eigenvalue weighted by Gasteiger charge is -2.10. The highest BCUT2D eigenvalue weighted by Gasteiger charge is 2.10. The molecule has 0 saturated heterocycles. The predicted octanol–water partition coefficient (Wildman–Crippen LogP) is 3.59. The van der Waals surface area contributed by atoms with E-state index in [0.29, 0.717) is 27.8 Å². The minimum Gasteiger partial charge on any atom is -0.399 e. The molecule has 0 fully saturated rings. The molecule has 21 heavy (non-hydrogen) atoms. The van der Waals surface area contributed by atoms with E-state index in [2.05, 4.69) is 10.2 Å². The average Bonchev–Trinajstić information content (AvgIpc) is 2.37. The molecule has 7 heteroatoms. The number of carbonyl (C=O) groups is 1. The molecule has 0 bridgehead atoms. The summed E-state index contributed by atoms with van der Waals surface area (Å²) in [4.78, 5) is 14.0. The minimum atomic E-state index is -0.0863. The van der Waals surface area contributed by atoms with Crippen LogP contribution in [0.4, 0.5) is 11.4 Å². The van der Waals surface area contributed by atoms with Gasteiger partial charge in [-0.3, -0.25) is 4.79 Å². The van der Waals surface area contributed by atoms with Crippen molar-refractivity contribution in [3.63, 3.8) is 0 Å². The average molecular weight is 350 g/mol. The molecule has 0 radical (unpaired) electrons. The van der Waals surface area contributed by atoms with Crippen LogP contribution in [0.1, 0.15) is 12.8 Å². The minimum absolute atomic E-state index is 0.0863. The zero-order valence-corrected chi connectivity index (χ0v) is 14.6. The smallest absolute Gasteiger partial charge is 0.224 e. The van der Waals surface area contributed by atoms with E-state index in [1.54, 1.807) is 12.1 Å². The van der Waals surface area contributed by atoms with Gasteiger partial charge in [0.25, 0.3) is 0 Å². The molecule has 1 aromatic carbocycles. The van der Waals surface area contributed by atoms with Crippen LogP contribution in [0.25, 0.3) is 0 Å². The number of amides is 1. The van der Waals surface area contributed by atoms with Gasteiger partial charge in [0.1, 0.15) is 0 Å². The Hall–Kier alpha value is -0.620. The highest BCUT2D eigenvalue weighted by Crippen LogP contribution is 2.32. The van der Waals surface area contributed by atoms with E-state index in [1.807, 2.05) is 25.9 Å². The maximum Gasteiger partial charge on any atom is 0.224 e. The predicted molar refractivity (Wildman–Crippen MR) is 94.6 cm³/mol. The number of nitrogens with zero attached hydrogens (tertiary/aromatic N) is 1. The Morgan fingerprint density at radius 1 is 1.29 bits per heavy atom. The molecule has 1 amide bonds. The maximum absolute atomic E-state index is 11.9. The first-order chi connectivity index (χ1) is 9.90. The SMILES string of the molecule is CN(C)CCSCCCC(=O)Nc1c(Cl)cc(N)cc1Cl. The highest BCUT2D eigenvalue weighted by molar-refractivity contribution is 7.99. The van der Waals surface area contributed by atoms with Crippen molar-refractivity contribution >= 4 is 52.2 Å². The summed E-state index contributed by atoms with van der Waals surface area (Å²) in [7, 11) is 4.10. The number of benzene rings is 1. The van der Waals surface area contributed by atoms with E-state index in [0.717, 1.165) is 24.5 Å². The zero-order chi connectivity index (χ0) is 15.8. The lowest BCUT2D eigenvalue weighted by Crippen LogP contribution is -2.15. The van der Waals surface area contributed by atoms with E-state index in [9.17, 15) is 4.79 Å². The van der Waals surface area contributed by atoms with E-state index in [4.69, 9.17) is 28.9 Å². The normalized spacial score (nSPS) is 10.9. The van der Waals surface area contributed by atoms with Gasteiger partial charge in [0.05, 0.1) is 15.7 Å². The molecule has 0 aromatic heterocycles. The van der Waals surface area contributed by atoms with Crippen LogP contribution in [0.2, 0.25) is 10.0 Å². The number of hydrogen-bond acceptors (Lipinski definition) is 4. The van der Waals surface area contributed by atoms with Gasteiger partial charge >= 0.3 is 0 Å². The number of halogens is 2. The second-order valence-electron chi connectivity index (χ2n) is 4.93. The topological polar surface area (TPSA) is 58.4 Å². The van der Waals surface area contributed by atoms with Crippen molar-refractivity contribution in [1.29, 1.82) is 0 Å². The van der Waals surface area contributed by atoms with Crippen molar-refractivity contribution in [3.05, 3.63) is 22.2 Å². The summed E-state index contributed by atoms with van der Waals surface area (Å²) in [5.41, 5.74) is 6.52. The highest BCUT2D eigenvalue weighted by atomic mass is 35.5. The monoisotopic (exact) mass is 349 g/mol. The molecular weight excluding hydrogens is 329 g/mol. The number of nitrogens with one attached hydrogen (secondary N) is 1. The number of anilines is 2. The van der Waals surface area contributed by atoms with Crippen LogP contribution in [-0.4, -0.2) is 43.0 Å². The van der Waals surface area contributed by atoms with Crippen LogP contribution in [-0.2, 0) is 4.79 Å². The third-order valence-corrected chi connectivity index (χ3v) is 4.35. The summed E-state index contributed by atoms with van der Waals surface area (Å²) >= 11 is 13.9. The fourth-order valence-corrected chi connectivity index (χ4v) is 3.24. The number of nitrogen functional groups attached to an aromatic ring is 1. The Balaban J connectivity index is 2.31. The molecular formula is C14H21Cl2N3OS. The van der Waals surface area contributed by atoms with E-state index in [1.165, 1.54) is 0 Å². The summed E-state index contributed by atoms with van der Waals surface area (Å²) in [5.74, 6) is 1.95. The fraction of sp³-hybridized carbons (Fsp3) is 0.500. The number of nitrogens with two attached hydrogens (primary N) is 1. The molecule has 0 atom stereocenters. The van der Waals surface area contributed by atoms with Gasteiger partial charge < -0.3 is 16.0 Å². The Morgan fingerprint density at radius 3 is 2.48 bits per heavy atom. The van der Waals surface area contributed by atoms with Crippen LogP contribution < -0.4 is 11.1 Å². The van der Waals surface area contributed by atoms with Gasteiger partial charge in [-0.05, 0) is 38.4 Å². The Kier molecular flexibility index (Phi) is 8.26. The van der Waals surface area contributed by atoms with Crippen LogP contribution in [0.5, 0.6) is 0 Å². The van der Waals surface area contributed by atoms with Gasteiger partial charge in [-0.2, -0.15) is 11.8 Å². The quantitative estimate of drug-likeness (QED) is 0.556. The van der Waals surface area contributed by atoms with Crippen molar-refractivity contribution in [2.45, 2.75) is 12.8 Å². The Labute approximate surface area is 140 Å². The van der Waals surface area contributed by atoms with Crippen molar-refractivity contribution in [2.75, 3.05) is 43.2 Å². The van der Waals surface area contributed by atoms with E-state index < -0.39 is 0 Å². The van der Waals surface area contributed by atoms with Crippen LogP contribution in [0.15, 0.2) is 12.1 Å². The zero-order valence-electron chi connectivity index (χ0n) is 12.3. The summed E-state index contributed by atoms with van der Waals surface area (Å²) in [6, 6.07) is 3.14. The molecule has 0 heterocycles. The lowest BCUT2D eigenvalue weighted by atomic mass is 10.2. The molecule has 0 aliphatic rings. The number of hydrogen-bond donors (Lipinski definition) is 2. The summed E-state index contributed by atoms with van der Waals surface area (Å²) in [5, 5.41) is 3.45. The fourth-order valence-electron chi connectivity index (χ4n) is 1.60. The third kappa shape index (κ3) is 7.27. The molecule has 0 unspecified atom stereocenters. The van der Waals surface area contributed by atoms with E-state index >= 15 is 0 Å². The summed E-state index contributed by atoms with van der Waals surface area (Å²) < 4.78 is 0. The van der Waals surface area contributed by atoms with Gasteiger partial charge in [0.2, 0.25) is 5.91 Å². The van der Waals surface area contributed by atoms with Crippen LogP contribution in [0, 0.1) is 0 Å². The second kappa shape index (κ2) is 9.41. The standard InChI is InChI=1S/C14H21Cl2N3OS/c1-19(2)5-7-21-6-3-4-13(20)18-14-11(15)8-10(17)9-12(14)16/h8-9H,3-7,17H2,1-2H3,(H,18,20). The molecule has 0 aliphatic heterocycles. The molecule has 1 rings (SSSR count). The van der Waals surface area contributed by atoms with Crippen LogP contribution in [0.3, 0.4) is 0 Å². The Bertz CT molecular complexity index is 460. The molecule has 118 valence electrons. The number of rotatable bonds is 8. The summed E-state index contributed by atoms with van der Waals surface area (Å²) in [6.45, 7) is 1.05. The second-order valence-corrected chi connectivity index (χ2v) is 6.97. The molecule has 0 spiro atoms. The number of thioether (sulfide) groups is 1. The van der Waals surface area contributed by atoms with Crippen molar-refractivity contribution in [3.8, 4) is 0 Å². The first kappa shape index (κ1) is 18.4. The Morgan fingerprint density at radius 2 is 1.90 bits per heavy atom. The van der Waals surface area contributed by atoms with Crippen molar-refractivity contribution < 1.29 is 4.79 Å². The molecule has 0 aliphatic carbocycles. The molecule has 4 nitrogen and oxygen atoms in total. The molecule has 0 saturated carbocycles. The van der Waals surface area contributed by atoms with E-state index in [-0.39, 0.29) is 5.91 Å². The van der Waals surface area contributed by atoms with Gasteiger partial charge in [0.15, 0.2) is 0 Å².